The molecule has 140 valence electrons. The minimum Gasteiger partial charge on any atom is -0.468 e. The molecule has 27 heavy (non-hydrogen) atoms. The molecule has 1 fully saturated rings. The Morgan fingerprint density at radius 3 is 2.48 bits per heavy atom. The molecule has 0 amide bonds. The number of carbonyl (C=O) groups is 3. The maximum atomic E-state index is 13.6. The lowest BCUT2D eigenvalue weighted by Crippen LogP contribution is -2.47. The van der Waals surface area contributed by atoms with Crippen LogP contribution >= 0.6 is 0 Å². The molecular weight excluding hydrogens is 344 g/mol. The number of esters is 2. The van der Waals surface area contributed by atoms with Gasteiger partial charge >= 0.3 is 11.9 Å². The third kappa shape index (κ3) is 3.03. The van der Waals surface area contributed by atoms with Crippen molar-refractivity contribution < 1.29 is 23.9 Å². The second kappa shape index (κ2) is 6.99. The highest BCUT2D eigenvalue weighted by Gasteiger charge is 2.57. The lowest BCUT2D eigenvalue weighted by molar-refractivity contribution is -0.163. The topological polar surface area (TPSA) is 69.7 Å². The van der Waals surface area contributed by atoms with Crippen LogP contribution in [0.25, 0.3) is 0 Å². The van der Waals surface area contributed by atoms with Gasteiger partial charge in [0.1, 0.15) is 5.41 Å². The molecule has 1 saturated carbocycles. The van der Waals surface area contributed by atoms with Crippen molar-refractivity contribution in [1.29, 1.82) is 0 Å². The van der Waals surface area contributed by atoms with Crippen LogP contribution in [0.2, 0.25) is 0 Å². The fourth-order valence-corrected chi connectivity index (χ4v) is 4.12. The summed E-state index contributed by atoms with van der Waals surface area (Å²) >= 11 is 0. The van der Waals surface area contributed by atoms with E-state index in [9.17, 15) is 14.4 Å². The zero-order chi connectivity index (χ0) is 19.7. The fraction of sp³-hybridized carbons (Fsp3) is 0.318. The predicted octanol–water partition coefficient (Wildman–Crippen LogP) is 3.20. The van der Waals surface area contributed by atoms with E-state index in [0.717, 1.165) is 0 Å². The number of hydrogen-bond acceptors (Lipinski definition) is 5. The van der Waals surface area contributed by atoms with Gasteiger partial charge in [-0.05, 0) is 12.0 Å². The van der Waals surface area contributed by atoms with Gasteiger partial charge in [-0.2, -0.15) is 0 Å². The van der Waals surface area contributed by atoms with Crippen molar-refractivity contribution in [3.8, 4) is 0 Å². The first-order valence-corrected chi connectivity index (χ1v) is 8.78. The van der Waals surface area contributed by atoms with Gasteiger partial charge in [0.15, 0.2) is 5.60 Å². The van der Waals surface area contributed by atoms with E-state index in [0.29, 0.717) is 11.1 Å². The molecule has 1 aromatic rings. The van der Waals surface area contributed by atoms with E-state index < -0.39 is 23.0 Å². The van der Waals surface area contributed by atoms with Gasteiger partial charge in [0.25, 0.3) is 0 Å². The molecule has 2 bridgehead atoms. The minimum atomic E-state index is -1.38. The fourth-order valence-electron chi connectivity index (χ4n) is 4.12. The van der Waals surface area contributed by atoms with E-state index in [1.807, 2.05) is 18.2 Å². The summed E-state index contributed by atoms with van der Waals surface area (Å²) in [7, 11) is 1.30. The molecule has 3 rings (SSSR count). The van der Waals surface area contributed by atoms with Crippen LogP contribution in [0.5, 0.6) is 0 Å². The largest absolute Gasteiger partial charge is 0.468 e. The molecule has 2 atom stereocenters. The quantitative estimate of drug-likeness (QED) is 0.607. The van der Waals surface area contributed by atoms with Gasteiger partial charge in [-0.15, -0.1) is 0 Å². The van der Waals surface area contributed by atoms with Crippen LogP contribution < -0.4 is 0 Å². The predicted molar refractivity (Wildman–Crippen MR) is 99.9 cm³/mol. The third-order valence-electron chi connectivity index (χ3n) is 5.16. The number of methoxy groups -OCH3 is 1. The normalized spacial score (nSPS) is 27.3. The molecule has 1 aromatic carbocycles. The number of allylic oxidation sites excluding steroid dienone is 2. The van der Waals surface area contributed by atoms with E-state index in [2.05, 4.69) is 6.58 Å². The zero-order valence-corrected chi connectivity index (χ0v) is 15.5. The second-order valence-corrected chi connectivity index (χ2v) is 7.00. The maximum absolute atomic E-state index is 13.6. The van der Waals surface area contributed by atoms with Crippen molar-refractivity contribution in [2.45, 2.75) is 37.2 Å². The average molecular weight is 366 g/mol. The van der Waals surface area contributed by atoms with Crippen molar-refractivity contribution in [3.63, 3.8) is 0 Å². The van der Waals surface area contributed by atoms with Gasteiger partial charge in [0.05, 0.1) is 7.11 Å². The van der Waals surface area contributed by atoms with Crippen molar-refractivity contribution in [2.24, 2.45) is 0 Å². The second-order valence-electron chi connectivity index (χ2n) is 7.00. The number of ketones is 1. The van der Waals surface area contributed by atoms with Crippen molar-refractivity contribution in [3.05, 3.63) is 71.8 Å². The number of fused-ring (bicyclic) bond motifs is 2. The molecule has 0 aromatic heterocycles. The van der Waals surface area contributed by atoms with E-state index in [-0.39, 0.29) is 30.6 Å². The Hall–Kier alpha value is -2.95. The molecule has 0 spiro atoms. The van der Waals surface area contributed by atoms with Gasteiger partial charge in [0, 0.05) is 25.3 Å². The Morgan fingerprint density at radius 1 is 1.15 bits per heavy atom. The van der Waals surface area contributed by atoms with Crippen LogP contribution in [0.15, 0.2) is 66.3 Å². The third-order valence-corrected chi connectivity index (χ3v) is 5.16. The summed E-state index contributed by atoms with van der Waals surface area (Å²) in [5.41, 5.74) is -1.16. The van der Waals surface area contributed by atoms with Crippen LogP contribution in [0.4, 0.5) is 0 Å². The molecule has 2 aliphatic rings. The number of hydrogen-bond donors (Lipinski definition) is 0. The minimum absolute atomic E-state index is 0.165. The van der Waals surface area contributed by atoms with Gasteiger partial charge < -0.3 is 9.47 Å². The monoisotopic (exact) mass is 366 g/mol. The lowest BCUT2D eigenvalue weighted by atomic mass is 9.69. The van der Waals surface area contributed by atoms with Gasteiger partial charge in [0.2, 0.25) is 5.78 Å². The SMILES string of the molecule is C=C1C[C@@]2(OC(C)=O)CC=CC=C(C2=O)[C@@](C(=O)OC)(c2ccccc2)C1. The summed E-state index contributed by atoms with van der Waals surface area (Å²) in [5, 5.41) is 0. The van der Waals surface area contributed by atoms with Crippen LogP contribution in [0.1, 0.15) is 31.7 Å². The Labute approximate surface area is 158 Å². The number of ether oxygens (including phenoxy) is 2. The van der Waals surface area contributed by atoms with E-state index in [1.54, 1.807) is 30.4 Å². The van der Waals surface area contributed by atoms with E-state index in [1.165, 1.54) is 14.0 Å². The average Bonchev–Trinajstić information content (AvgIpc) is 2.84. The highest BCUT2D eigenvalue weighted by molar-refractivity contribution is 6.11. The summed E-state index contributed by atoms with van der Waals surface area (Å²) in [5.74, 6) is -1.46. The van der Waals surface area contributed by atoms with E-state index >= 15 is 0 Å². The first-order chi connectivity index (χ1) is 12.9. The summed E-state index contributed by atoms with van der Waals surface area (Å²) in [4.78, 5) is 38.5. The van der Waals surface area contributed by atoms with Crippen LogP contribution in [0.3, 0.4) is 0 Å². The summed E-state index contributed by atoms with van der Waals surface area (Å²) in [6.07, 6.45) is 5.75. The van der Waals surface area contributed by atoms with Crippen molar-refractivity contribution in [1.82, 2.24) is 0 Å². The maximum Gasteiger partial charge on any atom is 0.321 e. The Morgan fingerprint density at radius 2 is 1.85 bits per heavy atom. The van der Waals surface area contributed by atoms with Crippen LogP contribution in [-0.2, 0) is 29.3 Å². The molecule has 2 aliphatic carbocycles. The first kappa shape index (κ1) is 18.8. The Bertz CT molecular complexity index is 864. The highest BCUT2D eigenvalue weighted by Crippen LogP contribution is 2.48. The highest BCUT2D eigenvalue weighted by atomic mass is 16.6. The van der Waals surface area contributed by atoms with Crippen molar-refractivity contribution >= 4 is 17.7 Å². The molecule has 0 heterocycles. The summed E-state index contributed by atoms with van der Waals surface area (Å²) < 4.78 is 10.7. The summed E-state index contributed by atoms with van der Waals surface area (Å²) in [6, 6.07) is 9.05. The van der Waals surface area contributed by atoms with E-state index in [4.69, 9.17) is 9.47 Å². The van der Waals surface area contributed by atoms with Gasteiger partial charge in [-0.25, -0.2) is 0 Å². The standard InChI is InChI=1S/C22H22O5/c1-15-13-21(27-16(2)23)12-8-7-11-18(19(21)24)22(14-15,20(25)26-3)17-9-5-4-6-10-17/h4-11H,1,12-14H2,2-3H3/t21-,22-/m0/s1. The molecule has 5 nitrogen and oxygen atoms in total. The molecule has 5 heteroatoms. The molecule has 0 radical (unpaired) electrons. The molecule has 0 saturated heterocycles. The Kier molecular flexibility index (Phi) is 4.87. The zero-order valence-electron chi connectivity index (χ0n) is 15.5. The van der Waals surface area contributed by atoms with Crippen LogP contribution in [-0.4, -0.2) is 30.4 Å². The van der Waals surface area contributed by atoms with Gasteiger partial charge in [-0.3, -0.25) is 14.4 Å². The smallest absolute Gasteiger partial charge is 0.321 e. The number of rotatable bonds is 3. The molecule has 0 N–H and O–H groups in total. The summed E-state index contributed by atoms with van der Waals surface area (Å²) in [6.45, 7) is 5.36. The van der Waals surface area contributed by atoms with Crippen LogP contribution in [0, 0.1) is 0 Å². The number of carbonyl (C=O) groups excluding carboxylic acids is 3. The number of Topliss-reactive ketones (excluding diaryl/α,β-unsaturated/α-hetero) is 1. The van der Waals surface area contributed by atoms with Gasteiger partial charge in [-0.1, -0.05) is 60.7 Å². The molecule has 0 unspecified atom stereocenters. The van der Waals surface area contributed by atoms with Crippen molar-refractivity contribution in [2.75, 3.05) is 7.11 Å². The first-order valence-electron chi connectivity index (χ1n) is 8.78. The lowest BCUT2D eigenvalue weighted by Gasteiger charge is -2.33. The molecule has 0 aliphatic heterocycles. The Balaban J connectivity index is 2.30. The number of benzene rings is 1. The molecular formula is C22H22O5.